The number of hydrogen-bond acceptors (Lipinski definition) is 5. The van der Waals surface area contributed by atoms with E-state index in [1.165, 1.54) is 24.6 Å². The minimum Gasteiger partial charge on any atom is -0.493 e. The molecule has 7 heteroatoms. The molecule has 0 N–H and O–H groups in total. The fourth-order valence-corrected chi connectivity index (χ4v) is 4.43. The molecule has 136 valence electrons. The van der Waals surface area contributed by atoms with E-state index in [2.05, 4.69) is 4.98 Å². The number of aryl methyl sites for hydroxylation is 1. The summed E-state index contributed by atoms with van der Waals surface area (Å²) in [6, 6.07) is 6.63. The average molecular weight is 364 g/mol. The zero-order valence-electron chi connectivity index (χ0n) is 15.2. The summed E-state index contributed by atoms with van der Waals surface area (Å²) < 4.78 is 38.5. The van der Waals surface area contributed by atoms with Crippen molar-refractivity contribution in [2.45, 2.75) is 38.3 Å². The highest BCUT2D eigenvalue weighted by atomic mass is 32.2. The first-order chi connectivity index (χ1) is 11.8. The van der Waals surface area contributed by atoms with Gasteiger partial charge in [0.2, 0.25) is 10.0 Å². The van der Waals surface area contributed by atoms with Crippen LogP contribution in [0.4, 0.5) is 0 Å². The molecule has 6 nitrogen and oxygen atoms in total. The Labute approximate surface area is 149 Å². The first-order valence-electron chi connectivity index (χ1n) is 7.94. The van der Waals surface area contributed by atoms with Crippen LogP contribution in [0.5, 0.6) is 11.5 Å². The van der Waals surface area contributed by atoms with Gasteiger partial charge in [0, 0.05) is 31.0 Å². The number of sulfonamides is 1. The molecule has 1 aromatic carbocycles. The van der Waals surface area contributed by atoms with E-state index in [9.17, 15) is 8.42 Å². The summed E-state index contributed by atoms with van der Waals surface area (Å²) in [4.78, 5) is 4.27. The Balaban J connectivity index is 2.50. The number of methoxy groups -OCH3 is 2. The number of nitrogens with zero attached hydrogens (tertiary/aromatic N) is 2. The van der Waals surface area contributed by atoms with Crippen molar-refractivity contribution in [3.63, 3.8) is 0 Å². The molecule has 0 saturated carbocycles. The zero-order chi connectivity index (χ0) is 18.6. The van der Waals surface area contributed by atoms with Crippen molar-refractivity contribution in [3.05, 3.63) is 47.8 Å². The van der Waals surface area contributed by atoms with E-state index in [0.717, 1.165) is 5.56 Å². The minimum absolute atomic E-state index is 0.210. The van der Waals surface area contributed by atoms with Crippen molar-refractivity contribution in [3.8, 4) is 11.5 Å². The molecule has 0 aliphatic carbocycles. The maximum Gasteiger partial charge on any atom is 0.244 e. The van der Waals surface area contributed by atoms with E-state index >= 15 is 0 Å². The van der Waals surface area contributed by atoms with Gasteiger partial charge in [-0.15, -0.1) is 0 Å². The van der Waals surface area contributed by atoms with Crippen LogP contribution in [0.3, 0.4) is 0 Å². The smallest absolute Gasteiger partial charge is 0.244 e. The van der Waals surface area contributed by atoms with Crippen LogP contribution in [0, 0.1) is 6.92 Å². The lowest BCUT2D eigenvalue weighted by molar-refractivity contribution is 0.344. The Morgan fingerprint density at radius 3 is 2.32 bits per heavy atom. The molecule has 0 spiro atoms. The summed E-state index contributed by atoms with van der Waals surface area (Å²) in [6.07, 6.45) is 3.34. The second kappa shape index (κ2) is 7.84. The molecule has 0 atom stereocenters. The van der Waals surface area contributed by atoms with Crippen molar-refractivity contribution in [2.24, 2.45) is 0 Å². The van der Waals surface area contributed by atoms with Crippen LogP contribution in [-0.2, 0) is 16.6 Å². The van der Waals surface area contributed by atoms with Crippen LogP contribution in [0.15, 0.2) is 41.6 Å². The van der Waals surface area contributed by atoms with Crippen LogP contribution in [0.2, 0.25) is 0 Å². The Morgan fingerprint density at radius 2 is 1.80 bits per heavy atom. The molecule has 0 saturated heterocycles. The van der Waals surface area contributed by atoms with Crippen molar-refractivity contribution >= 4 is 10.0 Å². The molecule has 1 heterocycles. The summed E-state index contributed by atoms with van der Waals surface area (Å²) >= 11 is 0. The lowest BCUT2D eigenvalue weighted by atomic mass is 10.2. The van der Waals surface area contributed by atoms with Crippen molar-refractivity contribution in [2.75, 3.05) is 14.2 Å². The Morgan fingerprint density at radius 1 is 1.16 bits per heavy atom. The average Bonchev–Trinajstić information content (AvgIpc) is 2.59. The maximum absolute atomic E-state index is 13.3. The number of aromatic nitrogens is 1. The van der Waals surface area contributed by atoms with Crippen LogP contribution in [0.1, 0.15) is 25.0 Å². The van der Waals surface area contributed by atoms with E-state index in [1.807, 2.05) is 19.9 Å². The van der Waals surface area contributed by atoms with E-state index < -0.39 is 10.0 Å². The van der Waals surface area contributed by atoms with E-state index in [1.54, 1.807) is 31.5 Å². The second-order valence-corrected chi connectivity index (χ2v) is 7.84. The first-order valence-corrected chi connectivity index (χ1v) is 9.38. The van der Waals surface area contributed by atoms with Crippen LogP contribution in [-0.4, -0.2) is 38.0 Å². The van der Waals surface area contributed by atoms with Crippen molar-refractivity contribution < 1.29 is 17.9 Å². The molecule has 1 aromatic heterocycles. The highest BCUT2D eigenvalue weighted by molar-refractivity contribution is 7.89. The Kier molecular flexibility index (Phi) is 6.02. The number of benzene rings is 1. The van der Waals surface area contributed by atoms with Gasteiger partial charge in [0.15, 0.2) is 11.5 Å². The normalized spacial score (nSPS) is 11.8. The predicted octanol–water partition coefficient (Wildman–Crippen LogP) is 3.01. The molecule has 0 amide bonds. The summed E-state index contributed by atoms with van der Waals surface area (Å²) in [6.45, 7) is 5.70. The third-order valence-corrected chi connectivity index (χ3v) is 6.07. The number of rotatable bonds is 7. The Bertz CT molecular complexity index is 820. The van der Waals surface area contributed by atoms with Gasteiger partial charge in [0.05, 0.1) is 19.1 Å². The fraction of sp³-hybridized carbons (Fsp3) is 0.389. The van der Waals surface area contributed by atoms with Crippen LogP contribution < -0.4 is 9.47 Å². The second-order valence-electron chi connectivity index (χ2n) is 5.98. The minimum atomic E-state index is -3.72. The quantitative estimate of drug-likeness (QED) is 0.755. The zero-order valence-corrected chi connectivity index (χ0v) is 16.0. The van der Waals surface area contributed by atoms with Gasteiger partial charge in [-0.3, -0.25) is 4.98 Å². The van der Waals surface area contributed by atoms with Gasteiger partial charge < -0.3 is 9.47 Å². The molecular weight excluding hydrogens is 340 g/mol. The lowest BCUT2D eigenvalue weighted by Gasteiger charge is -2.27. The van der Waals surface area contributed by atoms with Gasteiger partial charge in [-0.2, -0.15) is 4.31 Å². The molecule has 0 radical (unpaired) electrons. The lowest BCUT2D eigenvalue weighted by Crippen LogP contribution is -2.36. The summed E-state index contributed by atoms with van der Waals surface area (Å²) in [7, 11) is -0.709. The van der Waals surface area contributed by atoms with E-state index in [-0.39, 0.29) is 17.5 Å². The highest BCUT2D eigenvalue weighted by Gasteiger charge is 2.30. The monoisotopic (exact) mass is 364 g/mol. The molecule has 0 bridgehead atoms. The summed E-state index contributed by atoms with van der Waals surface area (Å²) in [5.74, 6) is 0.888. The summed E-state index contributed by atoms with van der Waals surface area (Å²) in [5.41, 5.74) is 1.44. The number of ether oxygens (including phenoxy) is 2. The van der Waals surface area contributed by atoms with E-state index in [4.69, 9.17) is 9.47 Å². The molecule has 0 unspecified atom stereocenters. The molecule has 25 heavy (non-hydrogen) atoms. The summed E-state index contributed by atoms with van der Waals surface area (Å²) in [5, 5.41) is 0. The molecular formula is C18H24N2O4S. The maximum atomic E-state index is 13.3. The fourth-order valence-electron chi connectivity index (χ4n) is 2.58. The first kappa shape index (κ1) is 19.2. The Hall–Kier alpha value is -2.12. The van der Waals surface area contributed by atoms with Gasteiger partial charge in [0.1, 0.15) is 0 Å². The standard InChI is InChI=1S/C18H24N2O4S/c1-13(2)20(12-15-7-6-8-19-11-15)25(21,22)18-10-17(24-5)16(23-4)9-14(18)3/h6-11,13H,12H2,1-5H3. The van der Waals surface area contributed by atoms with Crippen LogP contribution >= 0.6 is 0 Å². The third-order valence-electron chi connectivity index (χ3n) is 3.90. The van der Waals surface area contributed by atoms with Gasteiger partial charge >= 0.3 is 0 Å². The SMILES string of the molecule is COc1cc(C)c(S(=O)(=O)N(Cc2cccnc2)C(C)C)cc1OC. The van der Waals surface area contributed by atoms with Gasteiger partial charge in [-0.1, -0.05) is 6.07 Å². The van der Waals surface area contributed by atoms with Crippen molar-refractivity contribution in [1.29, 1.82) is 0 Å². The topological polar surface area (TPSA) is 68.7 Å². The van der Waals surface area contributed by atoms with Crippen molar-refractivity contribution in [1.82, 2.24) is 9.29 Å². The molecule has 2 aromatic rings. The largest absolute Gasteiger partial charge is 0.493 e. The highest BCUT2D eigenvalue weighted by Crippen LogP contribution is 2.34. The van der Waals surface area contributed by atoms with E-state index in [0.29, 0.717) is 17.1 Å². The molecule has 0 fully saturated rings. The number of hydrogen-bond donors (Lipinski definition) is 0. The predicted molar refractivity (Wildman–Crippen MR) is 96.4 cm³/mol. The number of pyridine rings is 1. The van der Waals surface area contributed by atoms with Gasteiger partial charge in [-0.05, 0) is 44.0 Å². The van der Waals surface area contributed by atoms with Gasteiger partial charge in [-0.25, -0.2) is 8.42 Å². The molecule has 2 rings (SSSR count). The van der Waals surface area contributed by atoms with Crippen LogP contribution in [0.25, 0.3) is 0 Å². The van der Waals surface area contributed by atoms with Gasteiger partial charge in [0.25, 0.3) is 0 Å². The molecule has 0 aliphatic heterocycles. The molecule has 0 aliphatic rings. The third kappa shape index (κ3) is 4.11.